The third-order valence-corrected chi connectivity index (χ3v) is 4.83. The van der Waals surface area contributed by atoms with E-state index in [1.54, 1.807) is 0 Å². The van der Waals surface area contributed by atoms with Gasteiger partial charge in [0.15, 0.2) is 0 Å². The van der Waals surface area contributed by atoms with E-state index in [4.69, 9.17) is 17.3 Å². The Morgan fingerprint density at radius 3 is 2.55 bits per heavy atom. The van der Waals surface area contributed by atoms with Crippen LogP contribution in [0, 0.1) is 10.1 Å². The molecule has 1 aromatic rings. The van der Waals surface area contributed by atoms with Crippen molar-refractivity contribution in [1.29, 1.82) is 0 Å². The lowest BCUT2D eigenvalue weighted by Gasteiger charge is -2.19. The molecule has 0 atom stereocenters. The second-order valence-electron chi connectivity index (χ2n) is 3.77. The van der Waals surface area contributed by atoms with Gasteiger partial charge in [0, 0.05) is 18.7 Å². The fourth-order valence-electron chi connectivity index (χ4n) is 1.48. The SMILES string of the molecule is CCN(CC(N)=O)S(=O)(=O)c1cc([N+](=O)[O-])ccc1Cl. The summed E-state index contributed by atoms with van der Waals surface area (Å²) in [5.74, 6) is -0.836. The van der Waals surface area contributed by atoms with Gasteiger partial charge in [0.1, 0.15) is 4.90 Å². The molecular weight excluding hydrogens is 310 g/mol. The van der Waals surface area contributed by atoms with Crippen LogP contribution in [0.3, 0.4) is 0 Å². The summed E-state index contributed by atoms with van der Waals surface area (Å²) in [4.78, 5) is 20.4. The topological polar surface area (TPSA) is 124 Å². The molecule has 0 saturated heterocycles. The number of primary amides is 1. The number of nitro groups is 1. The van der Waals surface area contributed by atoms with Crippen LogP contribution in [0.2, 0.25) is 5.02 Å². The molecule has 1 rings (SSSR count). The molecule has 2 N–H and O–H groups in total. The Morgan fingerprint density at radius 2 is 2.10 bits per heavy atom. The molecule has 0 fully saturated rings. The molecule has 0 bridgehead atoms. The van der Waals surface area contributed by atoms with Crippen molar-refractivity contribution in [3.63, 3.8) is 0 Å². The van der Waals surface area contributed by atoms with Crippen LogP contribution in [0.4, 0.5) is 5.69 Å². The second kappa shape index (κ2) is 6.16. The lowest BCUT2D eigenvalue weighted by atomic mass is 10.3. The first-order valence-electron chi connectivity index (χ1n) is 5.42. The number of halogens is 1. The van der Waals surface area contributed by atoms with Crippen molar-refractivity contribution in [2.45, 2.75) is 11.8 Å². The molecular formula is C10H12ClN3O5S. The van der Waals surface area contributed by atoms with Crippen molar-refractivity contribution in [3.05, 3.63) is 33.3 Å². The molecule has 0 heterocycles. The molecule has 0 radical (unpaired) electrons. The molecule has 0 aliphatic carbocycles. The van der Waals surface area contributed by atoms with E-state index in [-0.39, 0.29) is 11.6 Å². The molecule has 0 aliphatic rings. The zero-order valence-corrected chi connectivity index (χ0v) is 12.0. The van der Waals surface area contributed by atoms with Crippen molar-refractivity contribution in [2.24, 2.45) is 5.73 Å². The highest BCUT2D eigenvalue weighted by Crippen LogP contribution is 2.28. The Balaban J connectivity index is 3.36. The lowest BCUT2D eigenvalue weighted by molar-refractivity contribution is -0.385. The Labute approximate surface area is 120 Å². The van der Waals surface area contributed by atoms with Crippen molar-refractivity contribution in [1.82, 2.24) is 4.31 Å². The first kappa shape index (κ1) is 16.3. The van der Waals surface area contributed by atoms with E-state index >= 15 is 0 Å². The highest BCUT2D eigenvalue weighted by Gasteiger charge is 2.28. The molecule has 1 aromatic carbocycles. The fraction of sp³-hybridized carbons (Fsp3) is 0.300. The van der Waals surface area contributed by atoms with E-state index in [0.29, 0.717) is 0 Å². The molecule has 110 valence electrons. The molecule has 20 heavy (non-hydrogen) atoms. The van der Waals surface area contributed by atoms with Crippen LogP contribution in [-0.4, -0.2) is 36.6 Å². The Kier molecular flexibility index (Phi) is 5.03. The number of carbonyl (C=O) groups excluding carboxylic acids is 1. The molecule has 0 unspecified atom stereocenters. The Hall–Kier alpha value is -1.71. The highest BCUT2D eigenvalue weighted by molar-refractivity contribution is 7.89. The van der Waals surface area contributed by atoms with Crippen LogP contribution in [0.15, 0.2) is 23.1 Å². The summed E-state index contributed by atoms with van der Waals surface area (Å²) in [6.45, 7) is 0.952. The smallest absolute Gasteiger partial charge is 0.270 e. The number of benzene rings is 1. The maximum absolute atomic E-state index is 12.3. The highest BCUT2D eigenvalue weighted by atomic mass is 35.5. The number of hydrogen-bond donors (Lipinski definition) is 1. The summed E-state index contributed by atoms with van der Waals surface area (Å²) in [6.07, 6.45) is 0. The number of carbonyl (C=O) groups is 1. The summed E-state index contributed by atoms with van der Waals surface area (Å²) < 4.78 is 25.4. The molecule has 8 nitrogen and oxygen atoms in total. The Morgan fingerprint density at radius 1 is 1.50 bits per heavy atom. The quantitative estimate of drug-likeness (QED) is 0.611. The van der Waals surface area contributed by atoms with Gasteiger partial charge in [-0.15, -0.1) is 0 Å². The maximum atomic E-state index is 12.3. The van der Waals surface area contributed by atoms with Gasteiger partial charge in [-0.05, 0) is 6.07 Å². The zero-order valence-electron chi connectivity index (χ0n) is 10.4. The number of nitro benzene ring substituents is 1. The van der Waals surface area contributed by atoms with Crippen LogP contribution in [0.25, 0.3) is 0 Å². The van der Waals surface area contributed by atoms with Crippen LogP contribution in [0.1, 0.15) is 6.92 Å². The van der Waals surface area contributed by atoms with Crippen LogP contribution in [-0.2, 0) is 14.8 Å². The number of amides is 1. The van der Waals surface area contributed by atoms with Crippen LogP contribution < -0.4 is 5.73 Å². The van der Waals surface area contributed by atoms with Crippen molar-refractivity contribution >= 4 is 33.2 Å². The van der Waals surface area contributed by atoms with Crippen LogP contribution in [0.5, 0.6) is 0 Å². The van der Waals surface area contributed by atoms with Gasteiger partial charge in [0.05, 0.1) is 16.5 Å². The number of likely N-dealkylation sites (N-methyl/N-ethyl adjacent to an activating group) is 1. The second-order valence-corrected chi connectivity index (χ2v) is 6.08. The third kappa shape index (κ3) is 3.44. The normalized spacial score (nSPS) is 11.6. The Bertz CT molecular complexity index is 646. The monoisotopic (exact) mass is 321 g/mol. The van der Waals surface area contributed by atoms with Crippen molar-refractivity contribution in [2.75, 3.05) is 13.1 Å². The minimum Gasteiger partial charge on any atom is -0.369 e. The van der Waals surface area contributed by atoms with Gasteiger partial charge >= 0.3 is 0 Å². The summed E-state index contributed by atoms with van der Waals surface area (Å²) in [5, 5.41) is 10.5. The number of non-ortho nitro benzene ring substituents is 1. The van der Waals surface area contributed by atoms with E-state index in [1.807, 2.05) is 0 Å². The van der Waals surface area contributed by atoms with Gasteiger partial charge in [-0.3, -0.25) is 14.9 Å². The summed E-state index contributed by atoms with van der Waals surface area (Å²) >= 11 is 5.78. The fourth-order valence-corrected chi connectivity index (χ4v) is 3.39. The predicted molar refractivity (Wildman–Crippen MR) is 71.7 cm³/mol. The number of sulfonamides is 1. The molecule has 0 aromatic heterocycles. The van der Waals surface area contributed by atoms with E-state index in [9.17, 15) is 23.3 Å². The average molecular weight is 322 g/mol. The molecule has 0 saturated carbocycles. The van der Waals surface area contributed by atoms with Crippen molar-refractivity contribution < 1.29 is 18.1 Å². The van der Waals surface area contributed by atoms with Gasteiger partial charge in [-0.2, -0.15) is 4.31 Å². The van der Waals surface area contributed by atoms with E-state index < -0.39 is 38.0 Å². The standard InChI is InChI=1S/C10H12ClN3O5S/c1-2-13(6-10(12)15)20(18,19)9-5-7(14(16)17)3-4-8(9)11/h3-5H,2,6H2,1H3,(H2,12,15). The lowest BCUT2D eigenvalue weighted by Crippen LogP contribution is -2.38. The predicted octanol–water partition coefficient (Wildman–Crippen LogP) is 0.744. The zero-order chi connectivity index (χ0) is 15.5. The molecule has 0 aliphatic heterocycles. The van der Waals surface area contributed by atoms with Crippen LogP contribution >= 0.6 is 11.6 Å². The van der Waals surface area contributed by atoms with Gasteiger partial charge in [-0.1, -0.05) is 18.5 Å². The average Bonchev–Trinajstić information content (AvgIpc) is 2.35. The summed E-state index contributed by atoms with van der Waals surface area (Å²) in [5.41, 5.74) is 4.56. The third-order valence-electron chi connectivity index (χ3n) is 2.43. The summed E-state index contributed by atoms with van der Waals surface area (Å²) in [6, 6.07) is 3.05. The first-order chi connectivity index (χ1) is 9.20. The molecule has 1 amide bonds. The largest absolute Gasteiger partial charge is 0.369 e. The van der Waals surface area contributed by atoms with Gasteiger partial charge in [-0.25, -0.2) is 8.42 Å². The first-order valence-corrected chi connectivity index (χ1v) is 7.24. The van der Waals surface area contributed by atoms with Crippen molar-refractivity contribution in [3.8, 4) is 0 Å². The number of nitrogens with zero attached hydrogens (tertiary/aromatic N) is 2. The maximum Gasteiger partial charge on any atom is 0.270 e. The van der Waals surface area contributed by atoms with Gasteiger partial charge in [0.2, 0.25) is 15.9 Å². The van der Waals surface area contributed by atoms with E-state index in [2.05, 4.69) is 0 Å². The van der Waals surface area contributed by atoms with E-state index in [0.717, 1.165) is 22.5 Å². The van der Waals surface area contributed by atoms with Gasteiger partial charge < -0.3 is 5.73 Å². The van der Waals surface area contributed by atoms with Gasteiger partial charge in [0.25, 0.3) is 5.69 Å². The molecule has 10 heteroatoms. The minimum absolute atomic E-state index is 0.0235. The molecule has 0 spiro atoms. The van der Waals surface area contributed by atoms with E-state index in [1.165, 1.54) is 6.92 Å². The summed E-state index contributed by atoms with van der Waals surface area (Å²) in [7, 11) is -4.14. The number of rotatable bonds is 6. The minimum atomic E-state index is -4.14. The number of hydrogen-bond acceptors (Lipinski definition) is 5. The number of nitrogens with two attached hydrogens (primary N) is 1.